The number of hydrogen-bond donors (Lipinski definition) is 3. The Bertz CT molecular complexity index is 647. The van der Waals surface area contributed by atoms with Gasteiger partial charge in [-0.05, 0) is 32.6 Å². The van der Waals surface area contributed by atoms with Crippen LogP contribution in [0.25, 0.3) is 0 Å². The molecule has 7 heteroatoms. The van der Waals surface area contributed by atoms with E-state index in [0.29, 0.717) is 38.6 Å². The highest BCUT2D eigenvalue weighted by Gasteiger charge is 2.56. The van der Waals surface area contributed by atoms with Gasteiger partial charge in [-0.3, -0.25) is 9.89 Å². The van der Waals surface area contributed by atoms with E-state index >= 15 is 0 Å². The number of aliphatic hydroxyl groups is 1. The highest BCUT2D eigenvalue weighted by molar-refractivity contribution is 5.96. The van der Waals surface area contributed by atoms with Crippen molar-refractivity contribution in [1.82, 2.24) is 15.1 Å². The van der Waals surface area contributed by atoms with Gasteiger partial charge in [-0.25, -0.2) is 0 Å². The fraction of sp³-hybridized carbons (Fsp3) is 0.778. The Labute approximate surface area is 147 Å². The van der Waals surface area contributed by atoms with E-state index < -0.39 is 0 Å². The van der Waals surface area contributed by atoms with Crippen LogP contribution >= 0.6 is 0 Å². The van der Waals surface area contributed by atoms with E-state index in [1.54, 1.807) is 0 Å². The number of carbonyl (C=O) groups excluding carboxylic acids is 1. The molecule has 0 unspecified atom stereocenters. The number of aliphatic hydroxyl groups excluding tert-OH is 1. The van der Waals surface area contributed by atoms with Gasteiger partial charge in [-0.2, -0.15) is 5.10 Å². The molecule has 2 saturated carbocycles. The van der Waals surface area contributed by atoms with Crippen LogP contribution in [0.4, 0.5) is 0 Å². The Kier molecular flexibility index (Phi) is 4.33. The van der Waals surface area contributed by atoms with Gasteiger partial charge in [0.15, 0.2) is 0 Å². The molecule has 1 saturated heterocycles. The first-order valence-corrected chi connectivity index (χ1v) is 9.40. The molecule has 4 rings (SSSR count). The zero-order valence-electron chi connectivity index (χ0n) is 14.8. The summed E-state index contributed by atoms with van der Waals surface area (Å²) in [5, 5.41) is 17.7. The monoisotopic (exact) mass is 348 g/mol. The molecule has 1 aliphatic heterocycles. The quantitative estimate of drug-likeness (QED) is 0.734. The molecule has 3 aliphatic rings. The van der Waals surface area contributed by atoms with Crippen molar-refractivity contribution in [2.24, 2.45) is 11.1 Å². The minimum atomic E-state index is -0.329. The SMILES string of the molecule is Cc1[nH]nc(C2CC2)c1C(=O)N1CCC2(CC1)[C@H](O)C[C@@H]2OCCN. The molecule has 4 N–H and O–H groups in total. The third-order valence-corrected chi connectivity index (χ3v) is 6.31. The number of aryl methyl sites for hydroxylation is 1. The van der Waals surface area contributed by atoms with Crippen LogP contribution in [0, 0.1) is 12.3 Å². The van der Waals surface area contributed by atoms with E-state index in [0.717, 1.165) is 42.6 Å². The maximum atomic E-state index is 13.0. The van der Waals surface area contributed by atoms with Crippen LogP contribution in [0.3, 0.4) is 0 Å². The second-order valence-electron chi connectivity index (χ2n) is 7.81. The van der Waals surface area contributed by atoms with Crippen molar-refractivity contribution in [3.63, 3.8) is 0 Å². The van der Waals surface area contributed by atoms with E-state index in [2.05, 4.69) is 10.2 Å². The summed E-state index contributed by atoms with van der Waals surface area (Å²) in [7, 11) is 0. The number of H-pyrrole nitrogens is 1. The third-order valence-electron chi connectivity index (χ3n) is 6.31. The summed E-state index contributed by atoms with van der Waals surface area (Å²) in [5.41, 5.74) is 7.90. The van der Waals surface area contributed by atoms with Crippen molar-refractivity contribution >= 4 is 5.91 Å². The predicted octanol–water partition coefficient (Wildman–Crippen LogP) is 0.926. The number of amides is 1. The molecule has 2 heterocycles. The van der Waals surface area contributed by atoms with Gasteiger partial charge in [0.1, 0.15) is 0 Å². The first kappa shape index (κ1) is 17.0. The highest BCUT2D eigenvalue weighted by atomic mass is 16.5. The first-order chi connectivity index (χ1) is 12.1. The average Bonchev–Trinajstić information content (AvgIpc) is 3.40. The topological polar surface area (TPSA) is 104 Å². The van der Waals surface area contributed by atoms with Crippen molar-refractivity contribution in [2.75, 3.05) is 26.2 Å². The molecule has 138 valence electrons. The number of hydrogen-bond acceptors (Lipinski definition) is 5. The van der Waals surface area contributed by atoms with Crippen molar-refractivity contribution in [3.05, 3.63) is 17.0 Å². The van der Waals surface area contributed by atoms with Crippen LogP contribution in [-0.4, -0.2) is 64.6 Å². The van der Waals surface area contributed by atoms with Gasteiger partial charge in [0.05, 0.1) is 30.1 Å². The van der Waals surface area contributed by atoms with Crippen LogP contribution in [0.1, 0.15) is 59.8 Å². The predicted molar refractivity (Wildman–Crippen MR) is 92.3 cm³/mol. The Morgan fingerprint density at radius 1 is 1.44 bits per heavy atom. The molecule has 0 bridgehead atoms. The zero-order valence-corrected chi connectivity index (χ0v) is 14.8. The summed E-state index contributed by atoms with van der Waals surface area (Å²) >= 11 is 0. The Morgan fingerprint density at radius 3 is 2.76 bits per heavy atom. The van der Waals surface area contributed by atoms with E-state index in [1.165, 1.54) is 0 Å². The van der Waals surface area contributed by atoms with Crippen molar-refractivity contribution in [3.8, 4) is 0 Å². The number of carbonyl (C=O) groups is 1. The summed E-state index contributed by atoms with van der Waals surface area (Å²) in [6.07, 6.45) is 4.24. The van der Waals surface area contributed by atoms with Crippen molar-refractivity contribution in [2.45, 2.75) is 57.2 Å². The number of piperidine rings is 1. The zero-order chi connectivity index (χ0) is 17.6. The van der Waals surface area contributed by atoms with E-state index in [-0.39, 0.29) is 23.5 Å². The Balaban J connectivity index is 1.43. The van der Waals surface area contributed by atoms with Gasteiger partial charge in [-0.15, -0.1) is 0 Å². The van der Waals surface area contributed by atoms with E-state index in [9.17, 15) is 9.90 Å². The molecule has 1 amide bonds. The number of aromatic nitrogens is 2. The lowest BCUT2D eigenvalue weighted by molar-refractivity contribution is -0.207. The smallest absolute Gasteiger partial charge is 0.257 e. The largest absolute Gasteiger partial charge is 0.392 e. The molecule has 2 atom stereocenters. The molecule has 3 fully saturated rings. The lowest BCUT2D eigenvalue weighted by Crippen LogP contribution is -2.63. The maximum Gasteiger partial charge on any atom is 0.257 e. The minimum absolute atomic E-state index is 0.0704. The summed E-state index contributed by atoms with van der Waals surface area (Å²) in [5.74, 6) is 0.527. The molecule has 1 aromatic heterocycles. The summed E-state index contributed by atoms with van der Waals surface area (Å²) in [4.78, 5) is 15.0. The van der Waals surface area contributed by atoms with Crippen LogP contribution in [0.15, 0.2) is 0 Å². The third kappa shape index (κ3) is 2.78. The number of nitrogens with one attached hydrogen (secondary N) is 1. The highest BCUT2D eigenvalue weighted by Crippen LogP contribution is 2.51. The average molecular weight is 348 g/mol. The van der Waals surface area contributed by atoms with E-state index in [1.807, 2.05) is 11.8 Å². The molecular weight excluding hydrogens is 320 g/mol. The number of nitrogens with zero attached hydrogens (tertiary/aromatic N) is 2. The fourth-order valence-electron chi connectivity index (χ4n) is 4.48. The minimum Gasteiger partial charge on any atom is -0.392 e. The standard InChI is InChI=1S/C18H28N4O3/c1-11-15(16(21-20-11)12-2-3-12)17(24)22-7-4-18(5-8-22)13(23)10-14(18)25-9-6-19/h12-14,23H,2-10,19H2,1H3,(H,20,21)/t13-,14+/m1/s1. The molecule has 1 spiro atoms. The van der Waals surface area contributed by atoms with Gasteiger partial charge in [0.2, 0.25) is 0 Å². The van der Waals surface area contributed by atoms with Gasteiger partial charge in [0.25, 0.3) is 5.91 Å². The number of nitrogens with two attached hydrogens (primary N) is 1. The molecule has 1 aromatic rings. The van der Waals surface area contributed by atoms with Crippen LogP contribution < -0.4 is 5.73 Å². The van der Waals surface area contributed by atoms with Crippen LogP contribution in [0.2, 0.25) is 0 Å². The normalized spacial score (nSPS) is 28.2. The molecule has 0 aromatic carbocycles. The van der Waals surface area contributed by atoms with Gasteiger partial charge in [-0.1, -0.05) is 0 Å². The number of rotatable bonds is 5. The molecule has 0 radical (unpaired) electrons. The van der Waals surface area contributed by atoms with Crippen LogP contribution in [-0.2, 0) is 4.74 Å². The number of ether oxygens (including phenoxy) is 1. The lowest BCUT2D eigenvalue weighted by atomic mass is 9.58. The fourth-order valence-corrected chi connectivity index (χ4v) is 4.48. The number of aromatic amines is 1. The van der Waals surface area contributed by atoms with Gasteiger partial charge >= 0.3 is 0 Å². The maximum absolute atomic E-state index is 13.0. The lowest BCUT2D eigenvalue weighted by Gasteiger charge is -2.56. The van der Waals surface area contributed by atoms with Crippen molar-refractivity contribution in [1.29, 1.82) is 0 Å². The van der Waals surface area contributed by atoms with Crippen molar-refractivity contribution < 1.29 is 14.6 Å². The van der Waals surface area contributed by atoms with Gasteiger partial charge in [0, 0.05) is 43.1 Å². The second kappa shape index (κ2) is 6.37. The van der Waals surface area contributed by atoms with Gasteiger partial charge < -0.3 is 20.5 Å². The second-order valence-corrected chi connectivity index (χ2v) is 7.81. The molecular formula is C18H28N4O3. The summed E-state index contributed by atoms with van der Waals surface area (Å²) in [6.45, 7) is 4.27. The molecule has 7 nitrogen and oxygen atoms in total. The summed E-state index contributed by atoms with van der Waals surface area (Å²) in [6, 6.07) is 0. The molecule has 25 heavy (non-hydrogen) atoms. The Morgan fingerprint density at radius 2 is 2.16 bits per heavy atom. The first-order valence-electron chi connectivity index (χ1n) is 9.40. The van der Waals surface area contributed by atoms with E-state index in [4.69, 9.17) is 10.5 Å². The van der Waals surface area contributed by atoms with Crippen LogP contribution in [0.5, 0.6) is 0 Å². The summed E-state index contributed by atoms with van der Waals surface area (Å²) < 4.78 is 5.83. The Hall–Kier alpha value is -1.44. The number of likely N-dealkylation sites (tertiary alicyclic amines) is 1. The molecule has 2 aliphatic carbocycles.